The second-order valence-corrected chi connectivity index (χ2v) is 10.4. The van der Waals surface area contributed by atoms with Crippen molar-refractivity contribution in [3.8, 4) is 0 Å². The largest absolute Gasteiger partial charge is 0.269 e. The van der Waals surface area contributed by atoms with Crippen LogP contribution in [0.1, 0.15) is 12.8 Å². The molecule has 0 bridgehead atoms. The average Bonchev–Trinajstić information content (AvgIpc) is 2.34. The molecule has 1 rings (SSSR count). The van der Waals surface area contributed by atoms with Gasteiger partial charge in [-0.1, -0.05) is 31.8 Å². The molecule has 0 aromatic carbocycles. The van der Waals surface area contributed by atoms with E-state index in [1.54, 1.807) is 0 Å². The number of hydrogen-bond donors (Lipinski definition) is 0. The second kappa shape index (κ2) is 9.87. The number of halogens is 2. The Morgan fingerprint density at radius 2 is 1.94 bits per heavy atom. The topological polar surface area (TPSA) is 0 Å². The van der Waals surface area contributed by atoms with Crippen LogP contribution in [-0.4, -0.2) is 8.07 Å². The van der Waals surface area contributed by atoms with E-state index in [0.717, 1.165) is 12.8 Å². The number of rotatable bonds is 4. The molecule has 4 heteroatoms. The maximum Gasteiger partial charge on any atom is 0.0483 e. The molecule has 0 unspecified atom stereocenters. The molecular weight excluding hydrogens is 422 g/mol. The van der Waals surface area contributed by atoms with E-state index in [1.165, 1.54) is 17.2 Å². The first kappa shape index (κ1) is 22.1. The van der Waals surface area contributed by atoms with Crippen molar-refractivity contribution in [2.75, 3.05) is 0 Å². The number of allylic oxidation sites excluding steroid dienone is 5. The van der Waals surface area contributed by atoms with E-state index < -0.39 is 8.07 Å². The summed E-state index contributed by atoms with van der Waals surface area (Å²) in [6.45, 7) is 11.3. The molecule has 0 saturated heterocycles. The summed E-state index contributed by atoms with van der Waals surface area (Å²) in [6.07, 6.45) is 9.71. The zero-order chi connectivity index (χ0) is 9.90. The number of hydrogen-bond acceptors (Lipinski definition) is 0. The van der Waals surface area contributed by atoms with Crippen LogP contribution >= 0.6 is 24.8 Å². The summed E-state index contributed by atoms with van der Waals surface area (Å²) < 4.78 is 0. The molecule has 0 atom stereocenters. The van der Waals surface area contributed by atoms with Crippen LogP contribution < -0.4 is 0 Å². The summed E-state index contributed by atoms with van der Waals surface area (Å²) in [6, 6.07) is 1.24. The van der Waals surface area contributed by atoms with E-state index in [4.69, 9.17) is 0 Å². The normalized spacial score (nSPS) is 13.1. The zero-order valence-electron chi connectivity index (χ0n) is 10.3. The summed E-state index contributed by atoms with van der Waals surface area (Å²) in [4.78, 5) is 0. The fraction of sp³-hybridized carbons (Fsp3) is 0.500. The van der Waals surface area contributed by atoms with Gasteiger partial charge < -0.3 is 0 Å². The molecule has 0 fully saturated rings. The second-order valence-electron chi connectivity index (χ2n) is 4.97. The summed E-state index contributed by atoms with van der Waals surface area (Å²) in [7, 11) is -0.957. The van der Waals surface area contributed by atoms with Crippen LogP contribution in [0.3, 0.4) is 0 Å². The third kappa shape index (κ3) is 10.1. The fourth-order valence-corrected chi connectivity index (χ4v) is 3.28. The van der Waals surface area contributed by atoms with Gasteiger partial charge in [0.05, 0.1) is 0 Å². The summed E-state index contributed by atoms with van der Waals surface area (Å²) in [5.41, 5.74) is 2.72. The molecule has 0 N–H and O–H groups in total. The first-order chi connectivity index (χ1) is 5.97. The van der Waals surface area contributed by atoms with Gasteiger partial charge in [-0.05, 0) is 12.5 Å². The van der Waals surface area contributed by atoms with Crippen LogP contribution in [0.5, 0.6) is 0 Å². The SMILES string of the molecule is C=C(CC1=[C-]CC=C1)C[Si](C)(C)C.Cl.Cl.[Hf]. The summed E-state index contributed by atoms with van der Waals surface area (Å²) in [5.74, 6) is 0. The summed E-state index contributed by atoms with van der Waals surface area (Å²) in [5, 5.41) is 0. The Bertz CT molecular complexity index is 265. The monoisotopic (exact) mass is 443 g/mol. The van der Waals surface area contributed by atoms with E-state index >= 15 is 0 Å². The van der Waals surface area contributed by atoms with Crippen molar-refractivity contribution in [1.82, 2.24) is 0 Å². The van der Waals surface area contributed by atoms with Gasteiger partial charge in [0, 0.05) is 33.9 Å². The van der Waals surface area contributed by atoms with Crippen LogP contribution in [0.25, 0.3) is 0 Å². The maximum atomic E-state index is 4.14. The van der Waals surface area contributed by atoms with Crippen molar-refractivity contribution in [3.63, 3.8) is 0 Å². The molecule has 0 aliphatic heterocycles. The quantitative estimate of drug-likeness (QED) is 0.333. The molecule has 1 aliphatic rings. The predicted molar refractivity (Wildman–Crippen MR) is 76.9 cm³/mol. The Kier molecular flexibility index (Phi) is 13.6. The van der Waals surface area contributed by atoms with Gasteiger partial charge in [0.15, 0.2) is 0 Å². The average molecular weight is 443 g/mol. The third-order valence-corrected chi connectivity index (χ3v) is 3.55. The Balaban J connectivity index is -0.000000563. The molecule has 0 amide bonds. The van der Waals surface area contributed by atoms with Crippen molar-refractivity contribution < 1.29 is 25.8 Å². The van der Waals surface area contributed by atoms with Crippen molar-refractivity contribution in [3.05, 3.63) is 36.0 Å². The molecule has 0 aromatic rings. The Hall–Kier alpha value is 0.887. The summed E-state index contributed by atoms with van der Waals surface area (Å²) >= 11 is 0. The van der Waals surface area contributed by atoms with Crippen molar-refractivity contribution in [2.45, 2.75) is 38.5 Å². The molecule has 0 heterocycles. The van der Waals surface area contributed by atoms with Crippen LogP contribution in [0.2, 0.25) is 25.7 Å². The van der Waals surface area contributed by atoms with Crippen molar-refractivity contribution >= 4 is 32.9 Å². The van der Waals surface area contributed by atoms with Crippen LogP contribution in [-0.2, 0) is 25.8 Å². The zero-order valence-corrected chi connectivity index (χ0v) is 16.5. The smallest absolute Gasteiger partial charge is 0.0483 e. The van der Waals surface area contributed by atoms with E-state index in [9.17, 15) is 0 Å². The molecule has 0 aromatic heterocycles. The van der Waals surface area contributed by atoms with Crippen molar-refractivity contribution in [1.29, 1.82) is 0 Å². The standard InChI is InChI=1S/C12H19Si.2ClH.Hf/c1-11(10-13(2,3)4)9-12-7-5-6-8-12;;;/h5,7H,1,6,9-10H2,2-4H3;2*1H;/q-1;;;. The van der Waals surface area contributed by atoms with Gasteiger partial charge in [0.1, 0.15) is 0 Å². The molecule has 0 radical (unpaired) electrons. The van der Waals surface area contributed by atoms with Crippen LogP contribution in [0.15, 0.2) is 29.9 Å². The van der Waals surface area contributed by atoms with Gasteiger partial charge in [-0.2, -0.15) is 6.08 Å². The van der Waals surface area contributed by atoms with Gasteiger partial charge >= 0.3 is 0 Å². The van der Waals surface area contributed by atoms with E-state index in [-0.39, 0.29) is 50.7 Å². The Labute approximate surface area is 132 Å². The van der Waals surface area contributed by atoms with E-state index in [1.807, 2.05) is 0 Å². The first-order valence-corrected chi connectivity index (χ1v) is 8.61. The van der Waals surface area contributed by atoms with Gasteiger partial charge in [0.25, 0.3) is 0 Å². The fourth-order valence-electron chi connectivity index (χ4n) is 1.65. The Morgan fingerprint density at radius 3 is 2.31 bits per heavy atom. The third-order valence-electron chi connectivity index (χ3n) is 1.99. The minimum atomic E-state index is -0.957. The van der Waals surface area contributed by atoms with Gasteiger partial charge in [-0.15, -0.1) is 31.2 Å². The first-order valence-electron chi connectivity index (χ1n) is 4.90. The molecule has 92 valence electrons. The van der Waals surface area contributed by atoms with Gasteiger partial charge in [-0.3, -0.25) is 6.08 Å². The molecule has 1 aliphatic carbocycles. The molecule has 16 heavy (non-hydrogen) atoms. The predicted octanol–water partition coefficient (Wildman–Crippen LogP) is 4.80. The van der Waals surface area contributed by atoms with Crippen LogP contribution in [0.4, 0.5) is 0 Å². The molecular formula is C12H21Cl2HfSi-. The molecule has 0 nitrogen and oxygen atoms in total. The maximum absolute atomic E-state index is 4.14. The Morgan fingerprint density at radius 1 is 1.38 bits per heavy atom. The van der Waals surface area contributed by atoms with E-state index in [0.29, 0.717) is 0 Å². The van der Waals surface area contributed by atoms with E-state index in [2.05, 4.69) is 44.4 Å². The van der Waals surface area contributed by atoms with Gasteiger partial charge in [-0.25, -0.2) is 11.6 Å². The molecule has 0 saturated carbocycles. The van der Waals surface area contributed by atoms with Gasteiger partial charge in [0.2, 0.25) is 0 Å². The minimum absolute atomic E-state index is 0. The van der Waals surface area contributed by atoms with Crippen molar-refractivity contribution in [2.24, 2.45) is 0 Å². The molecule has 0 spiro atoms. The minimum Gasteiger partial charge on any atom is -0.269 e. The van der Waals surface area contributed by atoms with Crippen LogP contribution in [0, 0.1) is 6.08 Å².